The molecule has 0 spiro atoms. The minimum atomic E-state index is -1.93. The molecule has 5 heterocycles. The molecule has 5 aliphatic rings. The Morgan fingerprint density at radius 3 is 2.58 bits per heavy atom. The highest BCUT2D eigenvalue weighted by molar-refractivity contribution is 6.74. The summed E-state index contributed by atoms with van der Waals surface area (Å²) < 4.78 is 31.4. The van der Waals surface area contributed by atoms with Gasteiger partial charge in [-0.2, -0.15) is 0 Å². The largest absolute Gasteiger partial charge is 0.479 e. The Labute approximate surface area is 215 Å². The van der Waals surface area contributed by atoms with Crippen molar-refractivity contribution in [1.29, 1.82) is 0 Å². The first-order chi connectivity index (χ1) is 16.9. The van der Waals surface area contributed by atoms with Crippen LogP contribution in [0.25, 0.3) is 0 Å². The fraction of sp³-hybridized carbons (Fsp3) is 0.800. The van der Waals surface area contributed by atoms with Gasteiger partial charge in [0.15, 0.2) is 14.1 Å². The fourth-order valence-electron chi connectivity index (χ4n) is 5.32. The molecule has 0 amide bonds. The van der Waals surface area contributed by atoms with Crippen molar-refractivity contribution in [1.82, 2.24) is 21.1 Å². The van der Waals surface area contributed by atoms with Gasteiger partial charge >= 0.3 is 0 Å². The Morgan fingerprint density at radius 1 is 1.17 bits per heavy atom. The second-order valence-electron chi connectivity index (χ2n) is 12.2. The van der Waals surface area contributed by atoms with Gasteiger partial charge in [0.1, 0.15) is 24.1 Å². The lowest BCUT2D eigenvalue weighted by molar-refractivity contribution is -0.158. The van der Waals surface area contributed by atoms with Gasteiger partial charge in [-0.05, 0) is 51.2 Å². The van der Waals surface area contributed by atoms with Gasteiger partial charge in [-0.3, -0.25) is 15.8 Å². The van der Waals surface area contributed by atoms with Crippen molar-refractivity contribution in [3.8, 4) is 0 Å². The maximum absolute atomic E-state index is 6.65. The summed E-state index contributed by atoms with van der Waals surface area (Å²) in [7, 11) is -0.296. The van der Waals surface area contributed by atoms with Crippen LogP contribution in [-0.2, 0) is 23.4 Å². The van der Waals surface area contributed by atoms with E-state index in [0.29, 0.717) is 12.5 Å². The number of hydrogen-bond acceptors (Lipinski definition) is 10. The summed E-state index contributed by atoms with van der Waals surface area (Å²) in [6.07, 6.45) is 4.38. The molecule has 5 aliphatic heterocycles. The van der Waals surface area contributed by atoms with Gasteiger partial charge in [0, 0.05) is 6.61 Å². The molecule has 0 aliphatic carbocycles. The maximum atomic E-state index is 6.65. The molecule has 0 bridgehead atoms. The predicted molar refractivity (Wildman–Crippen MR) is 139 cm³/mol. The quantitative estimate of drug-likeness (QED) is 0.456. The van der Waals surface area contributed by atoms with E-state index >= 15 is 0 Å². The Bertz CT molecular complexity index is 953. The first-order valence-electron chi connectivity index (χ1n) is 13.2. The molecule has 10 nitrogen and oxygen atoms in total. The average Bonchev–Trinajstić information content (AvgIpc) is 3.45. The number of nitrogens with zero attached hydrogens (tertiary/aromatic N) is 2. The first-order valence-corrected chi connectivity index (χ1v) is 16.1. The number of hydrogen-bond donors (Lipinski definition) is 3. The molecule has 0 aromatic rings. The van der Waals surface area contributed by atoms with E-state index in [-0.39, 0.29) is 35.6 Å². The summed E-state index contributed by atoms with van der Waals surface area (Å²) in [5, 5.41) is 9.46. The third-order valence-electron chi connectivity index (χ3n) is 8.25. The summed E-state index contributed by atoms with van der Waals surface area (Å²) in [5.41, 5.74) is 6.30. The van der Waals surface area contributed by atoms with Gasteiger partial charge in [0.05, 0.1) is 43.5 Å². The van der Waals surface area contributed by atoms with Crippen LogP contribution >= 0.6 is 0 Å². The van der Waals surface area contributed by atoms with Gasteiger partial charge in [-0.15, -0.1) is 0 Å². The SMILES string of the molecule is COC1=C2NN(C3CCCCO3)C([C@@H]3N[C@H](CO[Si](C)(C)C(C)(C)C)[C@H]4OC(C)(C)O[C@H]43)=C2NC=N1. The van der Waals surface area contributed by atoms with Crippen LogP contribution in [0.15, 0.2) is 28.0 Å². The van der Waals surface area contributed by atoms with Crippen molar-refractivity contribution in [3.63, 3.8) is 0 Å². The van der Waals surface area contributed by atoms with Gasteiger partial charge in [0.25, 0.3) is 0 Å². The zero-order valence-corrected chi connectivity index (χ0v) is 23.9. The molecule has 0 aromatic carbocycles. The molecule has 202 valence electrons. The van der Waals surface area contributed by atoms with E-state index in [0.717, 1.165) is 43.0 Å². The molecule has 3 fully saturated rings. The summed E-state index contributed by atoms with van der Waals surface area (Å²) >= 11 is 0. The standard InChI is InChI=1S/C25H43N5O5Si/c1-24(2,3)36(7,8)33-13-15-21-22(35-25(4,5)34-21)19(28-15)20-17-18(23(31-6)27-14-26-17)29-30(20)16-11-9-10-12-32-16/h14-16,19,21-22,28-29H,9-13H2,1-8H3,(H,26,27)/t15-,16?,19+,21-,22+/m1/s1. The van der Waals surface area contributed by atoms with Crippen LogP contribution in [0, 0.1) is 0 Å². The number of aliphatic imine (C=N–C) groups is 1. The first kappa shape index (κ1) is 26.0. The van der Waals surface area contributed by atoms with E-state index in [4.69, 9.17) is 23.4 Å². The zero-order valence-electron chi connectivity index (χ0n) is 22.9. The molecule has 11 heteroatoms. The lowest BCUT2D eigenvalue weighted by Gasteiger charge is -2.38. The van der Waals surface area contributed by atoms with E-state index in [9.17, 15) is 0 Å². The molecular weight excluding hydrogens is 478 g/mol. The molecule has 3 saturated heterocycles. The van der Waals surface area contributed by atoms with Gasteiger partial charge < -0.3 is 28.7 Å². The van der Waals surface area contributed by atoms with Crippen LogP contribution in [0.1, 0.15) is 53.9 Å². The van der Waals surface area contributed by atoms with Gasteiger partial charge in [0.2, 0.25) is 5.88 Å². The highest BCUT2D eigenvalue weighted by atomic mass is 28.4. The number of methoxy groups -OCH3 is 1. The number of fused-ring (bicyclic) bond motifs is 2. The molecule has 5 rings (SSSR count). The Kier molecular flexibility index (Phi) is 6.70. The van der Waals surface area contributed by atoms with Crippen molar-refractivity contribution in [3.05, 3.63) is 23.0 Å². The highest BCUT2D eigenvalue weighted by Crippen LogP contribution is 2.43. The lowest BCUT2D eigenvalue weighted by atomic mass is 10.0. The monoisotopic (exact) mass is 521 g/mol. The third-order valence-corrected chi connectivity index (χ3v) is 12.7. The topological polar surface area (TPSA) is 97.8 Å². The average molecular weight is 522 g/mol. The normalized spacial score (nSPS) is 34.0. The van der Waals surface area contributed by atoms with Crippen molar-refractivity contribution in [2.24, 2.45) is 4.99 Å². The smallest absolute Gasteiger partial charge is 0.242 e. The molecule has 0 aromatic heterocycles. The second-order valence-corrected chi connectivity index (χ2v) is 17.0. The highest BCUT2D eigenvalue weighted by Gasteiger charge is 2.58. The molecule has 36 heavy (non-hydrogen) atoms. The van der Waals surface area contributed by atoms with E-state index in [1.165, 1.54) is 0 Å². The van der Waals surface area contributed by atoms with E-state index in [1.807, 2.05) is 13.8 Å². The van der Waals surface area contributed by atoms with Crippen LogP contribution in [0.5, 0.6) is 0 Å². The van der Waals surface area contributed by atoms with Crippen LogP contribution in [0.4, 0.5) is 0 Å². The number of hydrazine groups is 1. The van der Waals surface area contributed by atoms with Crippen molar-refractivity contribution >= 4 is 14.7 Å². The minimum absolute atomic E-state index is 0.00897. The number of rotatable bonds is 6. The lowest BCUT2D eigenvalue weighted by Crippen LogP contribution is -2.51. The summed E-state index contributed by atoms with van der Waals surface area (Å²) in [6, 6.07) is -0.155. The van der Waals surface area contributed by atoms with Crippen LogP contribution in [0.3, 0.4) is 0 Å². The van der Waals surface area contributed by atoms with E-state index in [1.54, 1.807) is 13.4 Å². The summed E-state index contributed by atoms with van der Waals surface area (Å²) in [5.74, 6) is -0.137. The summed E-state index contributed by atoms with van der Waals surface area (Å²) in [4.78, 5) is 4.38. The Hall–Kier alpha value is -1.63. The molecule has 0 radical (unpaired) electrons. The van der Waals surface area contributed by atoms with Crippen molar-refractivity contribution < 1.29 is 23.4 Å². The molecule has 5 atom stereocenters. The fourth-order valence-corrected chi connectivity index (χ4v) is 6.35. The van der Waals surface area contributed by atoms with Gasteiger partial charge in [-0.1, -0.05) is 20.8 Å². The van der Waals surface area contributed by atoms with Crippen LogP contribution < -0.4 is 16.1 Å². The zero-order chi connectivity index (χ0) is 25.9. The molecular formula is C25H43N5O5Si. The summed E-state index contributed by atoms with van der Waals surface area (Å²) in [6.45, 7) is 16.7. The second kappa shape index (κ2) is 9.28. The minimum Gasteiger partial charge on any atom is -0.479 e. The molecule has 3 N–H and O–H groups in total. The Morgan fingerprint density at radius 2 is 1.92 bits per heavy atom. The number of ether oxygens (including phenoxy) is 4. The number of nitrogens with one attached hydrogen (secondary N) is 3. The molecule has 0 saturated carbocycles. The molecule has 1 unspecified atom stereocenters. The van der Waals surface area contributed by atoms with E-state index < -0.39 is 14.1 Å². The van der Waals surface area contributed by atoms with Crippen LogP contribution in [-0.4, -0.2) is 76.3 Å². The predicted octanol–water partition coefficient (Wildman–Crippen LogP) is 2.87. The van der Waals surface area contributed by atoms with Crippen molar-refractivity contribution in [2.45, 2.75) is 108 Å². The Balaban J connectivity index is 1.48. The van der Waals surface area contributed by atoms with Crippen molar-refractivity contribution in [2.75, 3.05) is 20.3 Å². The third kappa shape index (κ3) is 4.58. The van der Waals surface area contributed by atoms with E-state index in [2.05, 4.69) is 59.9 Å². The maximum Gasteiger partial charge on any atom is 0.242 e. The van der Waals surface area contributed by atoms with Crippen LogP contribution in [0.2, 0.25) is 18.1 Å². The van der Waals surface area contributed by atoms with Gasteiger partial charge in [-0.25, -0.2) is 4.99 Å².